The van der Waals surface area contributed by atoms with Crippen LogP contribution in [-0.4, -0.2) is 12.8 Å². The van der Waals surface area contributed by atoms with Crippen LogP contribution in [0.1, 0.15) is 18.9 Å². The molecule has 2 rings (SSSR count). The topological polar surface area (TPSA) is 21.3 Å². The number of hydrogen-bond donors (Lipinski definition) is 1. The molecule has 0 amide bonds. The first-order chi connectivity index (χ1) is 10.2. The molecular weight excluding hydrogens is 285 g/mol. The predicted molar refractivity (Wildman–Crippen MR) is 86.7 cm³/mol. The van der Waals surface area contributed by atoms with Gasteiger partial charge in [-0.05, 0) is 49.1 Å². The fourth-order valence-electron chi connectivity index (χ4n) is 2.02. The molecule has 0 bridgehead atoms. The molecule has 0 fully saturated rings. The molecule has 1 N–H and O–H groups in total. The van der Waals surface area contributed by atoms with Crippen LogP contribution in [0, 0.1) is 5.82 Å². The molecule has 0 heterocycles. The Kier molecular flexibility index (Phi) is 6.08. The standard InChI is InChI=1S/C17H20FNOS/c1-3-8-19-12-13-9-14(18)11-15(10-13)20-16-6-4-5-7-17(16)21-2/h4-7,9-11,19H,3,8,12H2,1-2H3. The van der Waals surface area contributed by atoms with Crippen LogP contribution in [0.2, 0.25) is 0 Å². The molecule has 0 aliphatic rings. The van der Waals surface area contributed by atoms with Crippen molar-refractivity contribution in [3.8, 4) is 11.5 Å². The van der Waals surface area contributed by atoms with E-state index in [1.807, 2.05) is 36.6 Å². The average Bonchev–Trinajstić information content (AvgIpc) is 2.47. The van der Waals surface area contributed by atoms with Gasteiger partial charge in [0.25, 0.3) is 0 Å². The summed E-state index contributed by atoms with van der Waals surface area (Å²) in [5.41, 5.74) is 0.889. The van der Waals surface area contributed by atoms with Crippen LogP contribution in [0.5, 0.6) is 11.5 Å². The van der Waals surface area contributed by atoms with Crippen LogP contribution in [-0.2, 0) is 6.54 Å². The summed E-state index contributed by atoms with van der Waals surface area (Å²) in [6.45, 7) is 3.67. The van der Waals surface area contributed by atoms with Gasteiger partial charge in [0.15, 0.2) is 0 Å². The van der Waals surface area contributed by atoms with Gasteiger partial charge in [-0.25, -0.2) is 4.39 Å². The molecule has 2 aromatic carbocycles. The summed E-state index contributed by atoms with van der Waals surface area (Å²) in [5, 5.41) is 3.27. The van der Waals surface area contributed by atoms with Gasteiger partial charge in [-0.15, -0.1) is 11.8 Å². The molecule has 112 valence electrons. The summed E-state index contributed by atoms with van der Waals surface area (Å²) >= 11 is 1.61. The minimum atomic E-state index is -0.276. The highest BCUT2D eigenvalue weighted by atomic mass is 32.2. The molecule has 2 nitrogen and oxygen atoms in total. The zero-order valence-electron chi connectivity index (χ0n) is 12.4. The maximum atomic E-state index is 13.7. The molecule has 0 spiro atoms. The number of hydrogen-bond acceptors (Lipinski definition) is 3. The van der Waals surface area contributed by atoms with Crippen molar-refractivity contribution in [3.05, 3.63) is 53.8 Å². The number of rotatable bonds is 7. The smallest absolute Gasteiger partial charge is 0.140 e. The Balaban J connectivity index is 2.15. The lowest BCUT2D eigenvalue weighted by Crippen LogP contribution is -2.13. The fourth-order valence-corrected chi connectivity index (χ4v) is 2.55. The van der Waals surface area contributed by atoms with Crippen LogP contribution < -0.4 is 10.1 Å². The van der Waals surface area contributed by atoms with Gasteiger partial charge < -0.3 is 10.1 Å². The second-order valence-electron chi connectivity index (χ2n) is 4.72. The van der Waals surface area contributed by atoms with Gasteiger partial charge in [-0.2, -0.15) is 0 Å². The molecule has 0 unspecified atom stereocenters. The van der Waals surface area contributed by atoms with Crippen molar-refractivity contribution in [2.45, 2.75) is 24.8 Å². The van der Waals surface area contributed by atoms with Crippen molar-refractivity contribution in [3.63, 3.8) is 0 Å². The Morgan fingerprint density at radius 3 is 2.76 bits per heavy atom. The van der Waals surface area contributed by atoms with E-state index in [4.69, 9.17) is 4.74 Å². The first kappa shape index (κ1) is 15.9. The van der Waals surface area contributed by atoms with Gasteiger partial charge >= 0.3 is 0 Å². The average molecular weight is 305 g/mol. The van der Waals surface area contributed by atoms with Crippen molar-refractivity contribution >= 4 is 11.8 Å². The highest BCUT2D eigenvalue weighted by Crippen LogP contribution is 2.31. The van der Waals surface area contributed by atoms with Crippen molar-refractivity contribution < 1.29 is 9.13 Å². The van der Waals surface area contributed by atoms with Crippen molar-refractivity contribution in [1.82, 2.24) is 5.32 Å². The number of para-hydroxylation sites is 1. The minimum Gasteiger partial charge on any atom is -0.456 e. The Morgan fingerprint density at radius 1 is 1.19 bits per heavy atom. The van der Waals surface area contributed by atoms with E-state index in [0.29, 0.717) is 12.3 Å². The van der Waals surface area contributed by atoms with Crippen LogP contribution in [0.4, 0.5) is 4.39 Å². The molecule has 0 radical (unpaired) electrons. The maximum Gasteiger partial charge on any atom is 0.140 e. The zero-order valence-corrected chi connectivity index (χ0v) is 13.2. The van der Waals surface area contributed by atoms with Crippen molar-refractivity contribution in [1.29, 1.82) is 0 Å². The summed E-state index contributed by atoms with van der Waals surface area (Å²) in [4.78, 5) is 1.03. The molecule has 21 heavy (non-hydrogen) atoms. The SMILES string of the molecule is CCCNCc1cc(F)cc(Oc2ccccc2SC)c1. The second-order valence-corrected chi connectivity index (χ2v) is 5.57. The summed E-state index contributed by atoms with van der Waals surface area (Å²) in [7, 11) is 0. The van der Waals surface area contributed by atoms with Crippen LogP contribution in [0.15, 0.2) is 47.4 Å². The largest absolute Gasteiger partial charge is 0.456 e. The number of benzene rings is 2. The molecule has 0 aromatic heterocycles. The third kappa shape index (κ3) is 4.76. The monoisotopic (exact) mass is 305 g/mol. The van der Waals surface area contributed by atoms with E-state index in [-0.39, 0.29) is 5.82 Å². The normalized spacial score (nSPS) is 10.6. The predicted octanol–water partition coefficient (Wildman–Crippen LogP) is 4.84. The second kappa shape index (κ2) is 8.05. The Hall–Kier alpha value is -1.52. The van der Waals surface area contributed by atoms with E-state index in [2.05, 4.69) is 12.2 Å². The molecule has 0 aliphatic carbocycles. The highest BCUT2D eigenvalue weighted by molar-refractivity contribution is 7.98. The number of ether oxygens (including phenoxy) is 1. The molecular formula is C17H20FNOS. The zero-order chi connectivity index (χ0) is 15.1. The van der Waals surface area contributed by atoms with E-state index >= 15 is 0 Å². The summed E-state index contributed by atoms with van der Waals surface area (Å²) in [5.74, 6) is 1.01. The minimum absolute atomic E-state index is 0.276. The molecule has 4 heteroatoms. The molecule has 0 aliphatic heterocycles. The van der Waals surface area contributed by atoms with E-state index < -0.39 is 0 Å². The van der Waals surface area contributed by atoms with Crippen LogP contribution in [0.25, 0.3) is 0 Å². The third-order valence-electron chi connectivity index (χ3n) is 2.98. The lowest BCUT2D eigenvalue weighted by molar-refractivity contribution is 0.464. The summed E-state index contributed by atoms with van der Waals surface area (Å²) < 4.78 is 19.5. The van der Waals surface area contributed by atoms with E-state index in [1.54, 1.807) is 11.8 Å². The van der Waals surface area contributed by atoms with Gasteiger partial charge in [-0.3, -0.25) is 0 Å². The maximum absolute atomic E-state index is 13.7. The van der Waals surface area contributed by atoms with Crippen molar-refractivity contribution in [2.75, 3.05) is 12.8 Å². The third-order valence-corrected chi connectivity index (χ3v) is 3.76. The Morgan fingerprint density at radius 2 is 2.00 bits per heavy atom. The van der Waals surface area contributed by atoms with Crippen LogP contribution >= 0.6 is 11.8 Å². The highest BCUT2D eigenvalue weighted by Gasteiger charge is 2.06. The molecule has 2 aromatic rings. The lowest BCUT2D eigenvalue weighted by atomic mass is 10.2. The number of nitrogens with one attached hydrogen (secondary N) is 1. The Bertz CT molecular complexity index is 589. The van der Waals surface area contributed by atoms with E-state index in [9.17, 15) is 4.39 Å². The number of thioether (sulfide) groups is 1. The molecule has 0 saturated heterocycles. The summed E-state index contributed by atoms with van der Waals surface area (Å²) in [6, 6.07) is 12.6. The first-order valence-corrected chi connectivity index (χ1v) is 8.26. The number of halogens is 1. The summed E-state index contributed by atoms with van der Waals surface area (Å²) in [6.07, 6.45) is 3.05. The van der Waals surface area contributed by atoms with Gasteiger partial charge in [0, 0.05) is 17.5 Å². The molecule has 0 atom stereocenters. The van der Waals surface area contributed by atoms with Gasteiger partial charge in [0.05, 0.1) is 0 Å². The van der Waals surface area contributed by atoms with Gasteiger partial charge in [0.1, 0.15) is 17.3 Å². The Labute approximate surface area is 129 Å². The van der Waals surface area contributed by atoms with Crippen LogP contribution in [0.3, 0.4) is 0 Å². The first-order valence-electron chi connectivity index (χ1n) is 7.04. The van der Waals surface area contributed by atoms with Gasteiger partial charge in [0.2, 0.25) is 0 Å². The van der Waals surface area contributed by atoms with E-state index in [0.717, 1.165) is 29.2 Å². The van der Waals surface area contributed by atoms with E-state index in [1.165, 1.54) is 12.1 Å². The lowest BCUT2D eigenvalue weighted by Gasteiger charge is -2.11. The fraction of sp³-hybridized carbons (Fsp3) is 0.294. The molecule has 0 saturated carbocycles. The van der Waals surface area contributed by atoms with Gasteiger partial charge in [-0.1, -0.05) is 19.1 Å². The van der Waals surface area contributed by atoms with Crippen molar-refractivity contribution in [2.24, 2.45) is 0 Å². The quantitative estimate of drug-likeness (QED) is 0.584.